The van der Waals surface area contributed by atoms with Crippen LogP contribution < -0.4 is 5.32 Å². The summed E-state index contributed by atoms with van der Waals surface area (Å²) in [5.41, 5.74) is 0.452. The Bertz CT molecular complexity index is 431. The van der Waals surface area contributed by atoms with E-state index in [2.05, 4.69) is 25.7 Å². The molecule has 0 aliphatic rings. The van der Waals surface area contributed by atoms with Gasteiger partial charge in [0.05, 0.1) is 11.8 Å². The standard InChI is InChI=1S/C7H8N6O/c1-13-4-10-12-7(13)11-6(14)5-2-8-9-3-5/h2-4H,1H3,(H,8,9)(H,11,12,14). The van der Waals surface area contributed by atoms with Crippen LogP contribution >= 0.6 is 0 Å². The van der Waals surface area contributed by atoms with Crippen LogP contribution in [0.2, 0.25) is 0 Å². The highest BCUT2D eigenvalue weighted by atomic mass is 16.1. The number of H-pyrrole nitrogens is 1. The second kappa shape index (κ2) is 3.29. The molecule has 7 nitrogen and oxygen atoms in total. The average Bonchev–Trinajstić information content (AvgIpc) is 2.77. The molecule has 0 bridgehead atoms. The van der Waals surface area contributed by atoms with E-state index in [4.69, 9.17) is 0 Å². The number of hydrogen-bond acceptors (Lipinski definition) is 4. The largest absolute Gasteiger partial charge is 0.303 e. The van der Waals surface area contributed by atoms with E-state index in [1.807, 2.05) is 0 Å². The summed E-state index contributed by atoms with van der Waals surface area (Å²) in [5.74, 6) is 0.131. The zero-order valence-electron chi connectivity index (χ0n) is 7.43. The van der Waals surface area contributed by atoms with Crippen molar-refractivity contribution in [2.75, 3.05) is 5.32 Å². The van der Waals surface area contributed by atoms with E-state index < -0.39 is 0 Å². The van der Waals surface area contributed by atoms with Gasteiger partial charge in [-0.2, -0.15) is 5.10 Å². The minimum absolute atomic E-state index is 0.269. The van der Waals surface area contributed by atoms with Crippen LogP contribution in [-0.4, -0.2) is 30.9 Å². The lowest BCUT2D eigenvalue weighted by Crippen LogP contribution is -2.14. The maximum absolute atomic E-state index is 11.5. The first kappa shape index (κ1) is 8.42. The van der Waals surface area contributed by atoms with Crippen molar-refractivity contribution in [1.82, 2.24) is 25.0 Å². The van der Waals surface area contributed by atoms with Crippen molar-refractivity contribution < 1.29 is 4.79 Å². The molecule has 0 aliphatic heterocycles. The van der Waals surface area contributed by atoms with E-state index in [1.165, 1.54) is 18.7 Å². The molecule has 0 aromatic carbocycles. The van der Waals surface area contributed by atoms with Crippen molar-refractivity contribution in [3.05, 3.63) is 24.3 Å². The molecule has 7 heteroatoms. The molecule has 2 aromatic rings. The van der Waals surface area contributed by atoms with E-state index in [0.717, 1.165) is 0 Å². The molecule has 72 valence electrons. The van der Waals surface area contributed by atoms with Gasteiger partial charge >= 0.3 is 0 Å². The molecule has 0 unspecified atom stereocenters. The molecular weight excluding hydrogens is 184 g/mol. The Morgan fingerprint density at radius 3 is 3.07 bits per heavy atom. The lowest BCUT2D eigenvalue weighted by molar-refractivity contribution is 0.102. The number of anilines is 1. The minimum Gasteiger partial charge on any atom is -0.303 e. The maximum atomic E-state index is 11.5. The van der Waals surface area contributed by atoms with Gasteiger partial charge < -0.3 is 4.57 Å². The summed E-state index contributed by atoms with van der Waals surface area (Å²) in [5, 5.41) is 16.1. The second-order valence-corrected chi connectivity index (χ2v) is 2.71. The Morgan fingerprint density at radius 1 is 1.64 bits per heavy atom. The Hall–Kier alpha value is -2.18. The highest BCUT2D eigenvalue weighted by Crippen LogP contribution is 2.02. The summed E-state index contributed by atoms with van der Waals surface area (Å²) in [6, 6.07) is 0. The molecule has 0 aliphatic carbocycles. The predicted molar refractivity (Wildman–Crippen MR) is 47.5 cm³/mol. The molecule has 2 heterocycles. The Kier molecular flexibility index (Phi) is 1.98. The van der Waals surface area contributed by atoms with Gasteiger partial charge in [0.2, 0.25) is 5.95 Å². The number of nitrogens with zero attached hydrogens (tertiary/aromatic N) is 4. The predicted octanol–water partition coefficient (Wildman–Crippen LogP) is -0.210. The molecule has 0 saturated carbocycles. The summed E-state index contributed by atoms with van der Waals surface area (Å²) in [6.07, 6.45) is 4.45. The van der Waals surface area contributed by atoms with E-state index in [0.29, 0.717) is 11.5 Å². The number of carbonyl (C=O) groups excluding carboxylic acids is 1. The number of nitrogens with one attached hydrogen (secondary N) is 2. The van der Waals surface area contributed by atoms with Crippen LogP contribution in [0.4, 0.5) is 5.95 Å². The van der Waals surface area contributed by atoms with Gasteiger partial charge in [0.15, 0.2) is 0 Å². The first-order valence-electron chi connectivity index (χ1n) is 3.91. The zero-order valence-corrected chi connectivity index (χ0v) is 7.43. The number of amides is 1. The van der Waals surface area contributed by atoms with Gasteiger partial charge in [0.25, 0.3) is 5.91 Å². The quantitative estimate of drug-likeness (QED) is 0.689. The third kappa shape index (κ3) is 1.47. The zero-order chi connectivity index (χ0) is 9.97. The summed E-state index contributed by atoms with van der Waals surface area (Å²) in [7, 11) is 1.74. The lowest BCUT2D eigenvalue weighted by atomic mass is 10.3. The Labute approximate surface area is 79.2 Å². The van der Waals surface area contributed by atoms with Crippen LogP contribution in [0.25, 0.3) is 0 Å². The van der Waals surface area contributed by atoms with Crippen molar-refractivity contribution in [3.8, 4) is 0 Å². The van der Waals surface area contributed by atoms with Gasteiger partial charge in [-0.15, -0.1) is 10.2 Å². The number of carbonyl (C=O) groups is 1. The molecule has 2 aromatic heterocycles. The fourth-order valence-electron chi connectivity index (χ4n) is 0.945. The normalized spacial score (nSPS) is 10.1. The number of aromatic amines is 1. The molecule has 2 N–H and O–H groups in total. The molecule has 0 fully saturated rings. The number of hydrogen-bond donors (Lipinski definition) is 2. The summed E-state index contributed by atoms with van der Waals surface area (Å²) in [6.45, 7) is 0. The Balaban J connectivity index is 2.13. The van der Waals surface area contributed by atoms with E-state index >= 15 is 0 Å². The fraction of sp³-hybridized carbons (Fsp3) is 0.143. The average molecular weight is 192 g/mol. The van der Waals surface area contributed by atoms with Crippen molar-refractivity contribution in [2.24, 2.45) is 7.05 Å². The monoisotopic (exact) mass is 192 g/mol. The van der Waals surface area contributed by atoms with Crippen molar-refractivity contribution in [2.45, 2.75) is 0 Å². The van der Waals surface area contributed by atoms with Crippen molar-refractivity contribution in [3.63, 3.8) is 0 Å². The van der Waals surface area contributed by atoms with Gasteiger partial charge in [-0.1, -0.05) is 0 Å². The third-order valence-electron chi connectivity index (χ3n) is 1.70. The number of aromatic nitrogens is 5. The van der Waals surface area contributed by atoms with E-state index in [-0.39, 0.29) is 5.91 Å². The van der Waals surface area contributed by atoms with Gasteiger partial charge in [-0.05, 0) is 0 Å². The molecule has 0 radical (unpaired) electrons. The third-order valence-corrected chi connectivity index (χ3v) is 1.70. The van der Waals surface area contributed by atoms with Gasteiger partial charge in [0.1, 0.15) is 6.33 Å². The van der Waals surface area contributed by atoms with Crippen LogP contribution in [0.1, 0.15) is 10.4 Å². The van der Waals surface area contributed by atoms with E-state index in [1.54, 1.807) is 11.6 Å². The Morgan fingerprint density at radius 2 is 2.50 bits per heavy atom. The van der Waals surface area contributed by atoms with Crippen LogP contribution in [0.5, 0.6) is 0 Å². The van der Waals surface area contributed by atoms with Crippen molar-refractivity contribution >= 4 is 11.9 Å². The first-order valence-corrected chi connectivity index (χ1v) is 3.91. The molecule has 14 heavy (non-hydrogen) atoms. The summed E-state index contributed by atoms with van der Waals surface area (Å²) in [4.78, 5) is 11.5. The van der Waals surface area contributed by atoms with E-state index in [9.17, 15) is 4.79 Å². The molecule has 0 atom stereocenters. The lowest BCUT2D eigenvalue weighted by Gasteiger charge is -2.00. The molecule has 1 amide bonds. The highest BCUT2D eigenvalue weighted by Gasteiger charge is 2.09. The van der Waals surface area contributed by atoms with Crippen LogP contribution in [-0.2, 0) is 7.05 Å². The topological polar surface area (TPSA) is 88.5 Å². The van der Waals surface area contributed by atoms with Gasteiger partial charge in [0, 0.05) is 13.2 Å². The summed E-state index contributed by atoms with van der Waals surface area (Å²) < 4.78 is 1.61. The number of aryl methyl sites for hydroxylation is 1. The molecular formula is C7H8N6O. The van der Waals surface area contributed by atoms with Crippen LogP contribution in [0, 0.1) is 0 Å². The molecule has 2 rings (SSSR count). The van der Waals surface area contributed by atoms with Gasteiger partial charge in [-0.3, -0.25) is 15.2 Å². The number of rotatable bonds is 2. The first-order chi connectivity index (χ1) is 6.77. The maximum Gasteiger partial charge on any atom is 0.261 e. The van der Waals surface area contributed by atoms with Gasteiger partial charge in [-0.25, -0.2) is 0 Å². The second-order valence-electron chi connectivity index (χ2n) is 2.71. The van der Waals surface area contributed by atoms with Crippen molar-refractivity contribution in [1.29, 1.82) is 0 Å². The summed E-state index contributed by atoms with van der Waals surface area (Å²) >= 11 is 0. The SMILES string of the molecule is Cn1cnnc1NC(=O)c1cn[nH]c1. The fourth-order valence-corrected chi connectivity index (χ4v) is 0.945. The minimum atomic E-state index is -0.269. The molecule has 0 spiro atoms. The smallest absolute Gasteiger partial charge is 0.261 e. The van der Waals surface area contributed by atoms with Crippen LogP contribution in [0.15, 0.2) is 18.7 Å². The molecule has 0 saturated heterocycles. The highest BCUT2D eigenvalue weighted by molar-refractivity contribution is 6.02. The van der Waals surface area contributed by atoms with Crippen LogP contribution in [0.3, 0.4) is 0 Å².